The Balaban J connectivity index is 2.03. The normalized spacial score (nSPS) is 12.1. The molecule has 0 spiro atoms. The molecule has 4 rings (SSSR count). The van der Waals surface area contributed by atoms with Crippen molar-refractivity contribution in [1.29, 1.82) is 5.26 Å². The predicted octanol–water partition coefficient (Wildman–Crippen LogP) is 4.06. The van der Waals surface area contributed by atoms with Crippen molar-refractivity contribution < 1.29 is 0 Å². The van der Waals surface area contributed by atoms with E-state index in [9.17, 15) is 10.1 Å². The standard InChI is InChI=1S/C20H14BrClN6O/c1-11(27-9-14(21)17-18(24)25-10-26-19(17)27)16-7-15(22)13(8-23)20(29)28(16)12-5-3-2-4-6-12/h2-7,9-11H,1H3,(H2,24,25,26). The van der Waals surface area contributed by atoms with Crippen LogP contribution in [-0.2, 0) is 0 Å². The number of anilines is 1. The number of hydrogen-bond donors (Lipinski definition) is 1. The Labute approximate surface area is 179 Å². The van der Waals surface area contributed by atoms with Gasteiger partial charge in [0.2, 0.25) is 0 Å². The summed E-state index contributed by atoms with van der Waals surface area (Å²) in [4.78, 5) is 21.5. The minimum Gasteiger partial charge on any atom is -0.383 e. The Hall–Kier alpha value is -3.15. The van der Waals surface area contributed by atoms with Crippen LogP contribution in [0.5, 0.6) is 0 Å². The van der Waals surface area contributed by atoms with Crippen LogP contribution in [0.4, 0.5) is 5.82 Å². The van der Waals surface area contributed by atoms with Gasteiger partial charge in [-0.25, -0.2) is 9.97 Å². The Kier molecular flexibility index (Phi) is 4.86. The van der Waals surface area contributed by atoms with Crippen LogP contribution >= 0.6 is 27.5 Å². The minimum atomic E-state index is -0.474. The number of nitriles is 1. The summed E-state index contributed by atoms with van der Waals surface area (Å²) in [6, 6.07) is 12.3. The zero-order chi connectivity index (χ0) is 20.7. The number of rotatable bonds is 3. The SMILES string of the molecule is CC(c1cc(Cl)c(C#N)c(=O)n1-c1ccccc1)n1cc(Br)c2c(N)ncnc21. The van der Waals surface area contributed by atoms with E-state index in [1.54, 1.807) is 18.2 Å². The first-order chi connectivity index (χ1) is 13.9. The fourth-order valence-corrected chi connectivity index (χ4v) is 4.19. The summed E-state index contributed by atoms with van der Waals surface area (Å²) >= 11 is 9.78. The van der Waals surface area contributed by atoms with Crippen molar-refractivity contribution in [3.63, 3.8) is 0 Å². The number of pyridine rings is 1. The summed E-state index contributed by atoms with van der Waals surface area (Å²) in [5.41, 5.74) is 7.29. The molecule has 0 saturated heterocycles. The third-order valence-corrected chi connectivity index (χ3v) is 5.65. The Morgan fingerprint density at radius 3 is 2.69 bits per heavy atom. The third kappa shape index (κ3) is 3.09. The molecule has 144 valence electrons. The van der Waals surface area contributed by atoms with Crippen LogP contribution in [0.3, 0.4) is 0 Å². The summed E-state index contributed by atoms with van der Waals surface area (Å²) in [7, 11) is 0. The van der Waals surface area contributed by atoms with Gasteiger partial charge in [-0.2, -0.15) is 5.26 Å². The van der Waals surface area contributed by atoms with Crippen molar-refractivity contribution in [2.45, 2.75) is 13.0 Å². The highest BCUT2D eigenvalue weighted by molar-refractivity contribution is 9.10. The summed E-state index contributed by atoms with van der Waals surface area (Å²) < 4.78 is 4.12. The van der Waals surface area contributed by atoms with Crippen LogP contribution in [-0.4, -0.2) is 19.1 Å². The number of nitrogens with zero attached hydrogens (tertiary/aromatic N) is 5. The molecule has 0 fully saturated rings. The lowest BCUT2D eigenvalue weighted by Gasteiger charge is -2.21. The molecule has 1 atom stereocenters. The number of halogens is 2. The zero-order valence-corrected chi connectivity index (χ0v) is 17.5. The maximum Gasteiger partial charge on any atom is 0.274 e. The maximum atomic E-state index is 13.1. The molecule has 3 heterocycles. The van der Waals surface area contributed by atoms with Gasteiger partial charge in [0.1, 0.15) is 29.4 Å². The molecule has 4 aromatic rings. The maximum absolute atomic E-state index is 13.1. The van der Waals surface area contributed by atoms with E-state index in [-0.39, 0.29) is 16.6 Å². The van der Waals surface area contributed by atoms with Crippen molar-refractivity contribution in [2.24, 2.45) is 0 Å². The summed E-state index contributed by atoms with van der Waals surface area (Å²) in [5, 5.41) is 10.2. The molecule has 29 heavy (non-hydrogen) atoms. The first-order valence-electron chi connectivity index (χ1n) is 8.61. The fourth-order valence-electron chi connectivity index (χ4n) is 3.35. The highest BCUT2D eigenvalue weighted by atomic mass is 79.9. The largest absolute Gasteiger partial charge is 0.383 e. The van der Waals surface area contributed by atoms with Crippen LogP contribution in [0.15, 0.2) is 58.2 Å². The zero-order valence-electron chi connectivity index (χ0n) is 15.2. The molecule has 0 bridgehead atoms. The van der Waals surface area contributed by atoms with Gasteiger partial charge in [-0.05, 0) is 41.1 Å². The summed E-state index contributed by atoms with van der Waals surface area (Å²) in [6.07, 6.45) is 3.23. The highest BCUT2D eigenvalue weighted by Crippen LogP contribution is 2.33. The molecule has 9 heteroatoms. The molecule has 0 radical (unpaired) electrons. The predicted molar refractivity (Wildman–Crippen MR) is 115 cm³/mol. The monoisotopic (exact) mass is 468 g/mol. The van der Waals surface area contributed by atoms with Crippen LogP contribution in [0.1, 0.15) is 24.2 Å². The third-order valence-electron chi connectivity index (χ3n) is 4.75. The quantitative estimate of drug-likeness (QED) is 0.487. The smallest absolute Gasteiger partial charge is 0.274 e. The fraction of sp³-hybridized carbons (Fsp3) is 0.100. The number of nitrogen functional groups attached to an aromatic ring is 1. The molecule has 1 aromatic carbocycles. The first kappa shape index (κ1) is 19.2. The van der Waals surface area contributed by atoms with Gasteiger partial charge < -0.3 is 10.3 Å². The molecule has 0 aliphatic carbocycles. The van der Waals surface area contributed by atoms with E-state index in [2.05, 4.69) is 25.9 Å². The van der Waals surface area contributed by atoms with Crippen molar-refractivity contribution >= 4 is 44.4 Å². The molecule has 2 N–H and O–H groups in total. The summed E-state index contributed by atoms with van der Waals surface area (Å²) in [6.45, 7) is 1.92. The van der Waals surface area contributed by atoms with Crippen LogP contribution < -0.4 is 11.3 Å². The van der Waals surface area contributed by atoms with Crippen molar-refractivity contribution in [1.82, 2.24) is 19.1 Å². The highest BCUT2D eigenvalue weighted by Gasteiger charge is 2.23. The van der Waals surface area contributed by atoms with E-state index >= 15 is 0 Å². The molecule has 0 amide bonds. The van der Waals surface area contributed by atoms with Crippen molar-refractivity contribution in [3.8, 4) is 11.8 Å². The average molecular weight is 470 g/mol. The average Bonchev–Trinajstić information content (AvgIpc) is 3.06. The van der Waals surface area contributed by atoms with E-state index in [1.807, 2.05) is 42.0 Å². The van der Waals surface area contributed by atoms with Crippen molar-refractivity contribution in [2.75, 3.05) is 5.73 Å². The lowest BCUT2D eigenvalue weighted by Crippen LogP contribution is -2.27. The van der Waals surface area contributed by atoms with E-state index in [4.69, 9.17) is 17.3 Å². The van der Waals surface area contributed by atoms with Crippen molar-refractivity contribution in [3.05, 3.63) is 80.0 Å². The second-order valence-electron chi connectivity index (χ2n) is 6.40. The lowest BCUT2D eigenvalue weighted by molar-refractivity contribution is 0.614. The van der Waals surface area contributed by atoms with Crippen LogP contribution in [0.2, 0.25) is 5.02 Å². The van der Waals surface area contributed by atoms with Gasteiger partial charge in [-0.1, -0.05) is 29.8 Å². The van der Waals surface area contributed by atoms with Gasteiger partial charge in [0, 0.05) is 16.4 Å². The van der Waals surface area contributed by atoms with Gasteiger partial charge in [-0.15, -0.1) is 0 Å². The number of fused-ring (bicyclic) bond motifs is 1. The second-order valence-corrected chi connectivity index (χ2v) is 7.66. The molecule has 3 aromatic heterocycles. The Bertz CT molecular complexity index is 1340. The Morgan fingerprint density at radius 2 is 2.00 bits per heavy atom. The van der Waals surface area contributed by atoms with E-state index in [1.165, 1.54) is 10.9 Å². The number of nitrogens with two attached hydrogens (primary N) is 1. The van der Waals surface area contributed by atoms with E-state index in [0.29, 0.717) is 28.2 Å². The molecule has 0 aliphatic rings. The number of para-hydroxylation sites is 1. The van der Waals surface area contributed by atoms with Crippen LogP contribution in [0, 0.1) is 11.3 Å². The number of aromatic nitrogens is 4. The van der Waals surface area contributed by atoms with Gasteiger partial charge in [0.25, 0.3) is 5.56 Å². The molecular weight excluding hydrogens is 456 g/mol. The van der Waals surface area contributed by atoms with E-state index < -0.39 is 5.56 Å². The molecule has 1 unspecified atom stereocenters. The molecule has 0 saturated carbocycles. The summed E-state index contributed by atoms with van der Waals surface area (Å²) in [5.74, 6) is 0.353. The lowest BCUT2D eigenvalue weighted by atomic mass is 10.1. The van der Waals surface area contributed by atoms with Gasteiger partial charge in [0.05, 0.1) is 22.1 Å². The molecule has 7 nitrogen and oxygen atoms in total. The second kappa shape index (κ2) is 7.35. The topological polar surface area (TPSA) is 103 Å². The van der Waals surface area contributed by atoms with Gasteiger partial charge in [-0.3, -0.25) is 9.36 Å². The Morgan fingerprint density at radius 1 is 1.28 bits per heavy atom. The first-order valence-corrected chi connectivity index (χ1v) is 9.78. The van der Waals surface area contributed by atoms with E-state index in [0.717, 1.165) is 4.47 Å². The van der Waals surface area contributed by atoms with Crippen LogP contribution in [0.25, 0.3) is 16.7 Å². The molecular formula is C20H14BrClN6O. The number of hydrogen-bond acceptors (Lipinski definition) is 5. The minimum absolute atomic E-state index is 0.100. The number of benzene rings is 1. The molecule has 0 aliphatic heterocycles. The van der Waals surface area contributed by atoms with Gasteiger partial charge >= 0.3 is 0 Å². The van der Waals surface area contributed by atoms with Gasteiger partial charge in [0.15, 0.2) is 0 Å².